The zero-order valence-electron chi connectivity index (χ0n) is 8.80. The summed E-state index contributed by atoms with van der Waals surface area (Å²) in [7, 11) is 0. The molecule has 5 heteroatoms. The van der Waals surface area contributed by atoms with Gasteiger partial charge in [0.2, 0.25) is 5.91 Å². The van der Waals surface area contributed by atoms with Gasteiger partial charge in [-0.25, -0.2) is 4.39 Å². The predicted molar refractivity (Wildman–Crippen MR) is 61.5 cm³/mol. The minimum atomic E-state index is -0.418. The summed E-state index contributed by atoms with van der Waals surface area (Å²) in [5.41, 5.74) is 5.70. The van der Waals surface area contributed by atoms with Gasteiger partial charge < -0.3 is 11.1 Å². The van der Waals surface area contributed by atoms with Gasteiger partial charge in [0.25, 0.3) is 0 Å². The lowest BCUT2D eigenvalue weighted by molar-refractivity contribution is -0.118. The first-order valence-corrected chi connectivity index (χ1v) is 5.41. The number of hydrogen-bond donors (Lipinski definition) is 2. The van der Waals surface area contributed by atoms with Crippen LogP contribution in [0.1, 0.15) is 18.4 Å². The molecule has 88 valence electrons. The zero-order chi connectivity index (χ0) is 12.0. The van der Waals surface area contributed by atoms with Crippen LogP contribution in [0.2, 0.25) is 5.02 Å². The van der Waals surface area contributed by atoms with Crippen LogP contribution in [0.3, 0.4) is 0 Å². The molecule has 16 heavy (non-hydrogen) atoms. The van der Waals surface area contributed by atoms with Crippen molar-refractivity contribution in [2.45, 2.75) is 19.4 Å². The molecule has 1 amide bonds. The number of benzene rings is 1. The Morgan fingerprint density at radius 2 is 2.25 bits per heavy atom. The summed E-state index contributed by atoms with van der Waals surface area (Å²) in [4.78, 5) is 10.5. The minimum Gasteiger partial charge on any atom is -0.370 e. The van der Waals surface area contributed by atoms with E-state index >= 15 is 0 Å². The number of rotatable bonds is 6. The fourth-order valence-electron chi connectivity index (χ4n) is 1.30. The molecule has 0 heterocycles. The van der Waals surface area contributed by atoms with Gasteiger partial charge >= 0.3 is 0 Å². The highest BCUT2D eigenvalue weighted by molar-refractivity contribution is 6.31. The van der Waals surface area contributed by atoms with Gasteiger partial charge in [0.1, 0.15) is 5.82 Å². The van der Waals surface area contributed by atoms with E-state index in [2.05, 4.69) is 5.32 Å². The number of carbonyl (C=O) groups excluding carboxylic acids is 1. The topological polar surface area (TPSA) is 55.1 Å². The molecule has 3 N–H and O–H groups in total. The van der Waals surface area contributed by atoms with Crippen LogP contribution in [-0.2, 0) is 11.3 Å². The first-order chi connectivity index (χ1) is 7.61. The molecule has 0 saturated heterocycles. The first-order valence-electron chi connectivity index (χ1n) is 5.03. The normalized spacial score (nSPS) is 10.4. The zero-order valence-corrected chi connectivity index (χ0v) is 9.56. The maximum atomic E-state index is 13.0. The van der Waals surface area contributed by atoms with Crippen molar-refractivity contribution in [3.05, 3.63) is 34.6 Å². The summed E-state index contributed by atoms with van der Waals surface area (Å²) in [5, 5.41) is 3.21. The molecule has 0 aliphatic carbocycles. The Balaban J connectivity index is 2.32. The Morgan fingerprint density at radius 3 is 2.94 bits per heavy atom. The SMILES string of the molecule is NC(=O)CCCNCc1cccc(F)c1Cl. The highest BCUT2D eigenvalue weighted by atomic mass is 35.5. The lowest BCUT2D eigenvalue weighted by Crippen LogP contribution is -2.18. The highest BCUT2D eigenvalue weighted by Crippen LogP contribution is 2.19. The van der Waals surface area contributed by atoms with Gasteiger partial charge in [0, 0.05) is 13.0 Å². The molecular formula is C11H14ClFN2O. The molecule has 0 aliphatic heterocycles. The van der Waals surface area contributed by atoms with E-state index in [9.17, 15) is 9.18 Å². The van der Waals surface area contributed by atoms with E-state index in [0.29, 0.717) is 31.5 Å². The van der Waals surface area contributed by atoms with Gasteiger partial charge in [-0.05, 0) is 24.6 Å². The van der Waals surface area contributed by atoms with Gasteiger partial charge in [-0.2, -0.15) is 0 Å². The molecule has 1 rings (SSSR count). The summed E-state index contributed by atoms with van der Waals surface area (Å²) in [6.07, 6.45) is 1.02. The first kappa shape index (κ1) is 12.9. The van der Waals surface area contributed by atoms with E-state index in [0.717, 1.165) is 0 Å². The van der Waals surface area contributed by atoms with Crippen LogP contribution in [0, 0.1) is 5.82 Å². The molecule has 3 nitrogen and oxygen atoms in total. The van der Waals surface area contributed by atoms with Crippen molar-refractivity contribution in [3.63, 3.8) is 0 Å². The third-order valence-electron chi connectivity index (χ3n) is 2.12. The number of amides is 1. The van der Waals surface area contributed by atoms with Crippen molar-refractivity contribution < 1.29 is 9.18 Å². The number of hydrogen-bond acceptors (Lipinski definition) is 2. The number of nitrogens with two attached hydrogens (primary N) is 1. The van der Waals surface area contributed by atoms with Crippen molar-refractivity contribution in [2.75, 3.05) is 6.54 Å². The molecule has 0 aliphatic rings. The van der Waals surface area contributed by atoms with E-state index in [1.165, 1.54) is 6.07 Å². The second kappa shape index (κ2) is 6.45. The van der Waals surface area contributed by atoms with Gasteiger partial charge in [-0.15, -0.1) is 0 Å². The lowest BCUT2D eigenvalue weighted by Gasteiger charge is -2.06. The van der Waals surface area contributed by atoms with Crippen molar-refractivity contribution in [3.8, 4) is 0 Å². The average molecular weight is 245 g/mol. The summed E-state index contributed by atoms with van der Waals surface area (Å²) < 4.78 is 13.0. The molecule has 0 radical (unpaired) electrons. The Bertz CT molecular complexity index is 371. The number of nitrogens with one attached hydrogen (secondary N) is 1. The fraction of sp³-hybridized carbons (Fsp3) is 0.364. The number of halogens is 2. The molecule has 0 aromatic heterocycles. The van der Waals surface area contributed by atoms with Gasteiger partial charge in [-0.3, -0.25) is 4.79 Å². The van der Waals surface area contributed by atoms with E-state index in [4.69, 9.17) is 17.3 Å². The van der Waals surface area contributed by atoms with Crippen LogP contribution in [0.5, 0.6) is 0 Å². The molecule has 0 saturated carbocycles. The van der Waals surface area contributed by atoms with Crippen LogP contribution in [-0.4, -0.2) is 12.5 Å². The van der Waals surface area contributed by atoms with E-state index in [1.807, 2.05) is 0 Å². The van der Waals surface area contributed by atoms with Gasteiger partial charge in [0.15, 0.2) is 0 Å². The quantitative estimate of drug-likeness (QED) is 0.751. The maximum Gasteiger partial charge on any atom is 0.217 e. The largest absolute Gasteiger partial charge is 0.370 e. The average Bonchev–Trinajstić information content (AvgIpc) is 2.23. The summed E-state index contributed by atoms with van der Waals surface area (Å²) in [6, 6.07) is 4.69. The molecule has 1 aromatic rings. The smallest absolute Gasteiger partial charge is 0.217 e. The van der Waals surface area contributed by atoms with Crippen molar-refractivity contribution in [1.82, 2.24) is 5.32 Å². The standard InChI is InChI=1S/C11H14ClFN2O/c12-11-8(3-1-4-9(11)13)7-15-6-2-5-10(14)16/h1,3-4,15H,2,5-7H2,(H2,14,16). The Hall–Kier alpha value is -1.13. The lowest BCUT2D eigenvalue weighted by atomic mass is 10.2. The molecule has 0 atom stereocenters. The summed E-state index contributed by atoms with van der Waals surface area (Å²) >= 11 is 5.77. The van der Waals surface area contributed by atoms with Crippen LogP contribution < -0.4 is 11.1 Å². The third-order valence-corrected chi connectivity index (χ3v) is 2.55. The molecule has 0 fully saturated rings. The second-order valence-corrected chi connectivity index (χ2v) is 3.84. The third kappa shape index (κ3) is 4.16. The van der Waals surface area contributed by atoms with E-state index in [-0.39, 0.29) is 10.9 Å². The van der Waals surface area contributed by atoms with E-state index < -0.39 is 5.82 Å². The number of carbonyl (C=O) groups is 1. The second-order valence-electron chi connectivity index (χ2n) is 3.46. The van der Waals surface area contributed by atoms with Crippen LogP contribution in [0.4, 0.5) is 4.39 Å². The summed E-state index contributed by atoms with van der Waals surface area (Å²) in [5.74, 6) is -0.733. The van der Waals surface area contributed by atoms with Crippen molar-refractivity contribution in [2.24, 2.45) is 5.73 Å². The Labute approximate surface area is 98.8 Å². The van der Waals surface area contributed by atoms with E-state index in [1.54, 1.807) is 12.1 Å². The Morgan fingerprint density at radius 1 is 1.50 bits per heavy atom. The molecular weight excluding hydrogens is 231 g/mol. The van der Waals surface area contributed by atoms with Crippen LogP contribution in [0.25, 0.3) is 0 Å². The fourth-order valence-corrected chi connectivity index (χ4v) is 1.49. The highest BCUT2D eigenvalue weighted by Gasteiger charge is 2.04. The number of primary amides is 1. The van der Waals surface area contributed by atoms with Crippen LogP contribution >= 0.6 is 11.6 Å². The minimum absolute atomic E-state index is 0.143. The monoisotopic (exact) mass is 244 g/mol. The molecule has 0 unspecified atom stereocenters. The Kier molecular flexibility index (Phi) is 5.22. The molecule has 0 bridgehead atoms. The van der Waals surface area contributed by atoms with Crippen molar-refractivity contribution >= 4 is 17.5 Å². The van der Waals surface area contributed by atoms with Gasteiger partial charge in [-0.1, -0.05) is 23.7 Å². The van der Waals surface area contributed by atoms with Gasteiger partial charge in [0.05, 0.1) is 5.02 Å². The maximum absolute atomic E-state index is 13.0. The summed E-state index contributed by atoms with van der Waals surface area (Å²) in [6.45, 7) is 1.13. The van der Waals surface area contributed by atoms with Crippen molar-refractivity contribution in [1.29, 1.82) is 0 Å². The molecule has 0 spiro atoms. The molecule has 1 aromatic carbocycles. The predicted octanol–water partition coefficient (Wildman–Crippen LogP) is 1.83. The van der Waals surface area contributed by atoms with Crippen LogP contribution in [0.15, 0.2) is 18.2 Å².